The molecule has 0 aromatic heterocycles. The summed E-state index contributed by atoms with van der Waals surface area (Å²) in [5.74, 6) is 0.387. The van der Waals surface area contributed by atoms with Crippen LogP contribution in [0.1, 0.15) is 26.7 Å². The van der Waals surface area contributed by atoms with Gasteiger partial charge in [-0.1, -0.05) is 0 Å². The molecule has 0 saturated heterocycles. The van der Waals surface area contributed by atoms with Crippen LogP contribution >= 0.6 is 0 Å². The highest BCUT2D eigenvalue weighted by atomic mass is 19.1. The first-order chi connectivity index (χ1) is 6.99. The van der Waals surface area contributed by atoms with E-state index in [4.69, 9.17) is 5.73 Å². The van der Waals surface area contributed by atoms with E-state index in [9.17, 15) is 4.39 Å². The zero-order chi connectivity index (χ0) is 11.1. The van der Waals surface area contributed by atoms with Crippen molar-refractivity contribution in [3.8, 4) is 0 Å². The van der Waals surface area contributed by atoms with Crippen molar-refractivity contribution in [2.45, 2.75) is 32.2 Å². The lowest BCUT2D eigenvalue weighted by Gasteiger charge is -2.27. The Morgan fingerprint density at radius 1 is 1.40 bits per heavy atom. The third-order valence-electron chi connectivity index (χ3n) is 3.05. The predicted molar refractivity (Wildman–Crippen MR) is 61.2 cm³/mol. The van der Waals surface area contributed by atoms with Gasteiger partial charge in [0.2, 0.25) is 0 Å². The predicted octanol–water partition coefficient (Wildman–Crippen LogP) is 3.01. The van der Waals surface area contributed by atoms with Gasteiger partial charge in [0, 0.05) is 11.2 Å². The Hall–Kier alpha value is -1.25. The first-order valence-electron chi connectivity index (χ1n) is 5.32. The van der Waals surface area contributed by atoms with Crippen LogP contribution in [0, 0.1) is 11.7 Å². The molecule has 1 aliphatic rings. The molecule has 0 bridgehead atoms. The summed E-state index contributed by atoms with van der Waals surface area (Å²) in [6.45, 7) is 4.22. The fourth-order valence-electron chi connectivity index (χ4n) is 1.89. The summed E-state index contributed by atoms with van der Waals surface area (Å²) >= 11 is 0. The Kier molecular flexibility index (Phi) is 2.33. The van der Waals surface area contributed by atoms with E-state index in [0.29, 0.717) is 17.3 Å². The van der Waals surface area contributed by atoms with E-state index < -0.39 is 0 Å². The zero-order valence-corrected chi connectivity index (χ0v) is 9.18. The van der Waals surface area contributed by atoms with E-state index in [1.807, 2.05) is 0 Å². The molecule has 3 heteroatoms. The van der Waals surface area contributed by atoms with E-state index in [-0.39, 0.29) is 11.4 Å². The van der Waals surface area contributed by atoms with Crippen LogP contribution in [-0.2, 0) is 0 Å². The van der Waals surface area contributed by atoms with Crippen LogP contribution in [0.25, 0.3) is 0 Å². The van der Waals surface area contributed by atoms with Gasteiger partial charge in [0.15, 0.2) is 0 Å². The number of anilines is 2. The smallest absolute Gasteiger partial charge is 0.148 e. The highest BCUT2D eigenvalue weighted by Gasteiger charge is 2.37. The monoisotopic (exact) mass is 208 g/mol. The molecular weight excluding hydrogens is 191 g/mol. The van der Waals surface area contributed by atoms with Crippen molar-refractivity contribution in [1.29, 1.82) is 0 Å². The maximum Gasteiger partial charge on any atom is 0.148 e. The molecule has 0 spiro atoms. The van der Waals surface area contributed by atoms with Crippen molar-refractivity contribution < 1.29 is 4.39 Å². The molecule has 2 rings (SSSR count). The molecule has 0 heterocycles. The largest absolute Gasteiger partial charge is 0.399 e. The second-order valence-corrected chi connectivity index (χ2v) is 4.86. The number of nitrogens with two attached hydrogens (primary N) is 1. The van der Waals surface area contributed by atoms with Crippen molar-refractivity contribution in [3.63, 3.8) is 0 Å². The highest BCUT2D eigenvalue weighted by molar-refractivity contribution is 5.54. The summed E-state index contributed by atoms with van der Waals surface area (Å²) in [6, 6.07) is 4.77. The lowest BCUT2D eigenvalue weighted by molar-refractivity contribution is 0.489. The Labute approximate surface area is 89.7 Å². The highest BCUT2D eigenvalue weighted by Crippen LogP contribution is 2.41. The second-order valence-electron chi connectivity index (χ2n) is 4.86. The van der Waals surface area contributed by atoms with Crippen molar-refractivity contribution in [3.05, 3.63) is 24.0 Å². The van der Waals surface area contributed by atoms with Gasteiger partial charge < -0.3 is 11.1 Å². The minimum Gasteiger partial charge on any atom is -0.399 e. The molecule has 0 atom stereocenters. The Morgan fingerprint density at radius 2 is 2.07 bits per heavy atom. The molecule has 1 aromatic carbocycles. The first kappa shape index (κ1) is 10.3. The van der Waals surface area contributed by atoms with Crippen LogP contribution in [-0.4, -0.2) is 5.54 Å². The van der Waals surface area contributed by atoms with Crippen molar-refractivity contribution in [2.75, 3.05) is 11.1 Å². The maximum atomic E-state index is 13.5. The van der Waals surface area contributed by atoms with Crippen LogP contribution in [0.3, 0.4) is 0 Å². The average Bonchev–Trinajstić information content (AvgIpc) is 2.92. The number of benzene rings is 1. The minimum absolute atomic E-state index is 0.0308. The minimum atomic E-state index is -0.274. The number of rotatable bonds is 3. The van der Waals surface area contributed by atoms with Crippen molar-refractivity contribution >= 4 is 11.4 Å². The first-order valence-corrected chi connectivity index (χ1v) is 5.32. The van der Waals surface area contributed by atoms with E-state index >= 15 is 0 Å². The van der Waals surface area contributed by atoms with E-state index in [0.717, 1.165) is 0 Å². The third kappa shape index (κ3) is 2.22. The molecular formula is C12H17FN2. The zero-order valence-electron chi connectivity index (χ0n) is 9.18. The molecule has 15 heavy (non-hydrogen) atoms. The molecule has 1 fully saturated rings. The van der Waals surface area contributed by atoms with Gasteiger partial charge in [-0.05, 0) is 50.8 Å². The van der Waals surface area contributed by atoms with Crippen LogP contribution < -0.4 is 11.1 Å². The molecule has 0 aliphatic heterocycles. The Bertz CT molecular complexity index is 370. The summed E-state index contributed by atoms with van der Waals surface area (Å²) in [4.78, 5) is 0. The Morgan fingerprint density at radius 3 is 2.60 bits per heavy atom. The van der Waals surface area contributed by atoms with Gasteiger partial charge >= 0.3 is 0 Å². The molecule has 1 aromatic rings. The van der Waals surface area contributed by atoms with Crippen LogP contribution in [0.2, 0.25) is 0 Å². The lowest BCUT2D eigenvalue weighted by atomic mass is 9.98. The molecule has 0 unspecified atom stereocenters. The van der Waals surface area contributed by atoms with Crippen LogP contribution in [0.15, 0.2) is 18.2 Å². The number of hydrogen-bond donors (Lipinski definition) is 2. The van der Waals surface area contributed by atoms with Crippen LogP contribution in [0.5, 0.6) is 0 Å². The number of nitrogen functional groups attached to an aromatic ring is 1. The van der Waals surface area contributed by atoms with Crippen molar-refractivity contribution in [2.24, 2.45) is 5.92 Å². The van der Waals surface area contributed by atoms with Crippen LogP contribution in [0.4, 0.5) is 15.8 Å². The van der Waals surface area contributed by atoms with Gasteiger partial charge in [0.05, 0.1) is 5.69 Å². The topological polar surface area (TPSA) is 38.0 Å². The number of hydrogen-bond acceptors (Lipinski definition) is 2. The molecule has 82 valence electrons. The van der Waals surface area contributed by atoms with E-state index in [1.165, 1.54) is 18.9 Å². The molecule has 1 saturated carbocycles. The SMILES string of the molecule is CC(C)(Nc1ccc(N)cc1F)C1CC1. The summed E-state index contributed by atoms with van der Waals surface area (Å²) < 4.78 is 13.5. The summed E-state index contributed by atoms with van der Waals surface area (Å²) in [7, 11) is 0. The quantitative estimate of drug-likeness (QED) is 0.749. The van der Waals surface area contributed by atoms with Gasteiger partial charge in [-0.25, -0.2) is 4.39 Å². The van der Waals surface area contributed by atoms with Gasteiger partial charge in [-0.15, -0.1) is 0 Å². The molecule has 3 N–H and O–H groups in total. The number of halogens is 1. The van der Waals surface area contributed by atoms with Gasteiger partial charge in [-0.3, -0.25) is 0 Å². The van der Waals surface area contributed by atoms with Gasteiger partial charge in [0.1, 0.15) is 5.82 Å². The lowest BCUT2D eigenvalue weighted by Crippen LogP contribution is -2.33. The second kappa shape index (κ2) is 3.40. The van der Waals surface area contributed by atoms with Gasteiger partial charge in [-0.2, -0.15) is 0 Å². The van der Waals surface area contributed by atoms with E-state index in [1.54, 1.807) is 12.1 Å². The van der Waals surface area contributed by atoms with Crippen molar-refractivity contribution in [1.82, 2.24) is 0 Å². The molecule has 1 aliphatic carbocycles. The summed E-state index contributed by atoms with van der Waals surface area (Å²) in [5, 5.41) is 3.25. The van der Waals surface area contributed by atoms with E-state index in [2.05, 4.69) is 19.2 Å². The fourth-order valence-corrected chi connectivity index (χ4v) is 1.89. The molecule has 2 nitrogen and oxygen atoms in total. The van der Waals surface area contributed by atoms with Gasteiger partial charge in [0.25, 0.3) is 0 Å². The summed E-state index contributed by atoms with van der Waals surface area (Å²) in [6.07, 6.45) is 2.47. The Balaban J connectivity index is 2.16. The average molecular weight is 208 g/mol. The fraction of sp³-hybridized carbons (Fsp3) is 0.500. The standard InChI is InChI=1S/C12H17FN2/c1-12(2,8-3-4-8)15-11-6-5-9(14)7-10(11)13/h5-8,15H,3-4,14H2,1-2H3. The maximum absolute atomic E-state index is 13.5. The third-order valence-corrected chi connectivity index (χ3v) is 3.05. The summed E-state index contributed by atoms with van der Waals surface area (Å²) in [5.41, 5.74) is 6.47. The molecule has 0 radical (unpaired) electrons. The normalized spacial score (nSPS) is 16.5. The molecule has 0 amide bonds. The number of nitrogens with one attached hydrogen (secondary N) is 1.